The second-order valence-electron chi connectivity index (χ2n) is 11.0. The number of fused-ring (bicyclic) bond motifs is 2. The van der Waals surface area contributed by atoms with Crippen molar-refractivity contribution >= 4 is 29.1 Å². The van der Waals surface area contributed by atoms with Crippen molar-refractivity contribution in [2.24, 2.45) is 11.8 Å². The summed E-state index contributed by atoms with van der Waals surface area (Å²) in [5.74, 6) is -2.54. The van der Waals surface area contributed by atoms with Crippen molar-refractivity contribution in [2.75, 3.05) is 29.5 Å². The van der Waals surface area contributed by atoms with Gasteiger partial charge in [0, 0.05) is 24.5 Å². The van der Waals surface area contributed by atoms with Crippen molar-refractivity contribution in [2.45, 2.75) is 44.6 Å². The summed E-state index contributed by atoms with van der Waals surface area (Å²) in [5, 5.41) is 10.1. The number of hydrogen-bond donors (Lipinski definition) is 1. The molecule has 1 N–H and O–H groups in total. The first-order chi connectivity index (χ1) is 18.8. The predicted molar refractivity (Wildman–Crippen MR) is 147 cm³/mol. The second kappa shape index (κ2) is 9.47. The maximum absolute atomic E-state index is 14.5. The fourth-order valence-corrected chi connectivity index (χ4v) is 6.70. The molecule has 6 rings (SSSR count). The Labute approximate surface area is 228 Å². The molecule has 4 heterocycles. The van der Waals surface area contributed by atoms with Crippen LogP contribution in [0.1, 0.15) is 18.1 Å². The lowest BCUT2D eigenvalue weighted by Gasteiger charge is -2.37. The van der Waals surface area contributed by atoms with Gasteiger partial charge in [-0.3, -0.25) is 14.4 Å². The molecule has 6 atom stereocenters. The molecule has 8 nitrogen and oxygen atoms in total. The summed E-state index contributed by atoms with van der Waals surface area (Å²) in [5.41, 5.74) is 2.13. The molecule has 2 aromatic rings. The first kappa shape index (κ1) is 25.5. The summed E-state index contributed by atoms with van der Waals surface area (Å²) in [6, 6.07) is 13.7. The number of para-hydroxylation sites is 1. The number of aliphatic hydroxyl groups excluding tert-OH is 1. The number of nitrogens with zero attached hydrogens (tertiary/aromatic N) is 3. The Morgan fingerprint density at radius 1 is 0.974 bits per heavy atom. The number of aryl methyl sites for hydroxylation is 2. The summed E-state index contributed by atoms with van der Waals surface area (Å²) >= 11 is 0. The normalized spacial score (nSPS) is 30.7. The lowest BCUT2D eigenvalue weighted by atomic mass is 9.77. The molecule has 4 aliphatic rings. The van der Waals surface area contributed by atoms with E-state index in [1.54, 1.807) is 16.7 Å². The lowest BCUT2D eigenvalue weighted by Crippen LogP contribution is -2.57. The quantitative estimate of drug-likeness (QED) is 0.618. The third-order valence-electron chi connectivity index (χ3n) is 8.56. The van der Waals surface area contributed by atoms with Crippen molar-refractivity contribution in [1.82, 2.24) is 4.90 Å². The molecule has 0 saturated carbocycles. The number of amides is 3. The third-order valence-corrected chi connectivity index (χ3v) is 8.56. The smallest absolute Gasteiger partial charge is 0.253 e. The van der Waals surface area contributed by atoms with Gasteiger partial charge in [0.15, 0.2) is 0 Å². The molecule has 0 aliphatic carbocycles. The van der Waals surface area contributed by atoms with Crippen LogP contribution in [0.4, 0.5) is 11.4 Å². The Morgan fingerprint density at radius 2 is 1.72 bits per heavy atom. The Kier molecular flexibility index (Phi) is 6.19. The standard InChI is InChI=1S/C31H33N3O5/c1-19-12-13-20(2)23(17-19)33-16-8-14-31-26(29(37)34(21(3)18-35)27(31)30(33)38)25-24(39-31)11-7-15-32(28(25)36)22-9-5-4-6-10-22/h4-14,17,21,24-27,35H,15-16,18H2,1-3H3/t21-,24+,25-,26+,27?,31+/m1/s1. The fourth-order valence-electron chi connectivity index (χ4n) is 6.70. The van der Waals surface area contributed by atoms with Gasteiger partial charge < -0.3 is 24.5 Å². The van der Waals surface area contributed by atoms with Crippen LogP contribution in [-0.4, -0.2) is 71.2 Å². The molecule has 8 heteroatoms. The minimum atomic E-state index is -1.33. The highest BCUT2D eigenvalue weighted by Crippen LogP contribution is 2.54. The van der Waals surface area contributed by atoms with E-state index >= 15 is 0 Å². The third kappa shape index (κ3) is 3.77. The van der Waals surface area contributed by atoms with Gasteiger partial charge in [-0.15, -0.1) is 0 Å². The number of carbonyl (C=O) groups excluding carboxylic acids is 3. The van der Waals surface area contributed by atoms with Gasteiger partial charge in [0.05, 0.1) is 30.6 Å². The molecule has 0 bridgehead atoms. The molecule has 2 aromatic carbocycles. The van der Waals surface area contributed by atoms with Crippen LogP contribution in [0, 0.1) is 25.7 Å². The van der Waals surface area contributed by atoms with Crippen molar-refractivity contribution in [3.63, 3.8) is 0 Å². The van der Waals surface area contributed by atoms with Gasteiger partial charge in [-0.25, -0.2) is 0 Å². The van der Waals surface area contributed by atoms with Gasteiger partial charge >= 0.3 is 0 Å². The average Bonchev–Trinajstić information content (AvgIpc) is 3.26. The van der Waals surface area contributed by atoms with Crippen LogP contribution in [0.25, 0.3) is 0 Å². The molecule has 1 spiro atoms. The summed E-state index contributed by atoms with van der Waals surface area (Å²) in [7, 11) is 0. The van der Waals surface area contributed by atoms with E-state index in [4.69, 9.17) is 4.74 Å². The Bertz CT molecular complexity index is 1390. The van der Waals surface area contributed by atoms with E-state index in [-0.39, 0.29) is 24.3 Å². The molecule has 3 amide bonds. The van der Waals surface area contributed by atoms with Crippen LogP contribution in [0.15, 0.2) is 72.8 Å². The molecule has 202 valence electrons. The number of hydrogen-bond acceptors (Lipinski definition) is 5. The molecule has 2 saturated heterocycles. The summed E-state index contributed by atoms with van der Waals surface area (Å²) in [6.45, 7) is 6.00. The molecule has 0 radical (unpaired) electrons. The molecule has 2 fully saturated rings. The maximum atomic E-state index is 14.5. The number of likely N-dealkylation sites (tertiary alicyclic amines) is 1. The molecular weight excluding hydrogens is 494 g/mol. The summed E-state index contributed by atoms with van der Waals surface area (Å²) in [6.07, 6.45) is 6.80. The molecule has 39 heavy (non-hydrogen) atoms. The molecular formula is C31H33N3O5. The van der Waals surface area contributed by atoms with Crippen molar-refractivity contribution in [1.29, 1.82) is 0 Å². The fraction of sp³-hybridized carbons (Fsp3) is 0.387. The van der Waals surface area contributed by atoms with E-state index in [1.807, 2.05) is 86.7 Å². The van der Waals surface area contributed by atoms with Crippen LogP contribution >= 0.6 is 0 Å². The van der Waals surface area contributed by atoms with E-state index < -0.39 is 35.6 Å². The molecule has 0 aromatic heterocycles. The van der Waals surface area contributed by atoms with Crippen LogP contribution in [0.2, 0.25) is 0 Å². The SMILES string of the molecule is Cc1ccc(C)c(N2CC=C[C@]34O[C@H]5C=CCN(c6ccccc6)C(=O)[C@H]5[C@H]3C(=O)N([C@H](C)CO)C4C2=O)c1. The first-order valence-corrected chi connectivity index (χ1v) is 13.5. The average molecular weight is 528 g/mol. The largest absolute Gasteiger partial charge is 0.394 e. The first-order valence-electron chi connectivity index (χ1n) is 13.5. The molecule has 1 unspecified atom stereocenters. The highest BCUT2D eigenvalue weighted by molar-refractivity contribution is 6.07. The zero-order valence-corrected chi connectivity index (χ0v) is 22.4. The van der Waals surface area contributed by atoms with Gasteiger partial charge in [0.2, 0.25) is 11.8 Å². The van der Waals surface area contributed by atoms with Crippen LogP contribution < -0.4 is 9.80 Å². The van der Waals surface area contributed by atoms with Gasteiger partial charge in [-0.05, 0) is 50.1 Å². The van der Waals surface area contributed by atoms with Crippen molar-refractivity contribution in [3.8, 4) is 0 Å². The lowest BCUT2D eigenvalue weighted by molar-refractivity contribution is -0.143. The Hall–Kier alpha value is -3.75. The zero-order valence-electron chi connectivity index (χ0n) is 22.4. The van der Waals surface area contributed by atoms with Crippen LogP contribution in [0.5, 0.6) is 0 Å². The Balaban J connectivity index is 1.47. The minimum absolute atomic E-state index is 0.208. The Morgan fingerprint density at radius 3 is 2.46 bits per heavy atom. The highest BCUT2D eigenvalue weighted by Gasteiger charge is 2.72. The topological polar surface area (TPSA) is 90.4 Å². The van der Waals surface area contributed by atoms with Gasteiger partial charge in [0.25, 0.3) is 5.91 Å². The summed E-state index contributed by atoms with van der Waals surface area (Å²) < 4.78 is 6.69. The van der Waals surface area contributed by atoms with E-state index in [0.717, 1.165) is 22.5 Å². The highest BCUT2D eigenvalue weighted by atomic mass is 16.5. The maximum Gasteiger partial charge on any atom is 0.253 e. The number of carbonyl (C=O) groups is 3. The number of anilines is 2. The molecule has 4 aliphatic heterocycles. The monoisotopic (exact) mass is 527 g/mol. The van der Waals surface area contributed by atoms with E-state index in [0.29, 0.717) is 13.1 Å². The van der Waals surface area contributed by atoms with Crippen molar-refractivity contribution in [3.05, 3.63) is 84.0 Å². The van der Waals surface area contributed by atoms with E-state index in [2.05, 4.69) is 0 Å². The second-order valence-corrected chi connectivity index (χ2v) is 11.0. The predicted octanol–water partition coefficient (Wildman–Crippen LogP) is 2.77. The van der Waals surface area contributed by atoms with Crippen molar-refractivity contribution < 1.29 is 24.2 Å². The van der Waals surface area contributed by atoms with Gasteiger partial charge in [-0.1, -0.05) is 54.6 Å². The zero-order chi connectivity index (χ0) is 27.5. The van der Waals surface area contributed by atoms with Gasteiger partial charge in [0.1, 0.15) is 11.6 Å². The minimum Gasteiger partial charge on any atom is -0.394 e. The number of benzene rings is 2. The number of rotatable bonds is 4. The van der Waals surface area contributed by atoms with E-state index in [9.17, 15) is 19.5 Å². The number of aliphatic hydroxyl groups is 1. The van der Waals surface area contributed by atoms with Gasteiger partial charge in [-0.2, -0.15) is 0 Å². The van der Waals surface area contributed by atoms with E-state index in [1.165, 1.54) is 4.90 Å². The van der Waals surface area contributed by atoms with Crippen LogP contribution in [0.3, 0.4) is 0 Å². The number of ether oxygens (including phenoxy) is 1. The summed E-state index contributed by atoms with van der Waals surface area (Å²) in [4.78, 5) is 47.7. The van der Waals surface area contributed by atoms with Crippen LogP contribution in [-0.2, 0) is 19.1 Å².